The summed E-state index contributed by atoms with van der Waals surface area (Å²) in [4.78, 5) is 71.2. The first-order valence-corrected chi connectivity index (χ1v) is 32.1. The molecule has 0 radical (unpaired) electrons. The number of carbonyl (C=O) groups is 4. The van der Waals surface area contributed by atoms with Crippen LogP contribution in [0.15, 0.2) is 0 Å². The molecule has 0 spiro atoms. The molecule has 438 valence electrons. The van der Waals surface area contributed by atoms with E-state index in [1.807, 2.05) is 0 Å². The minimum Gasteiger partial charge on any atom is -0.462 e. The summed E-state index contributed by atoms with van der Waals surface area (Å²) in [6, 6.07) is 0. The van der Waals surface area contributed by atoms with Crippen LogP contribution in [0.2, 0.25) is 0 Å². The summed E-state index contributed by atoms with van der Waals surface area (Å²) < 4.78 is 67.2. The summed E-state index contributed by atoms with van der Waals surface area (Å²) in [6.45, 7) is 6.93. The van der Waals surface area contributed by atoms with E-state index >= 15 is 0 Å². The zero-order valence-electron chi connectivity index (χ0n) is 47.0. The van der Waals surface area contributed by atoms with Gasteiger partial charge in [0.15, 0.2) is 12.2 Å². The van der Waals surface area contributed by atoms with Gasteiger partial charge in [-0.25, -0.2) is 9.13 Å². The van der Waals surface area contributed by atoms with Crippen LogP contribution in [0.25, 0.3) is 0 Å². The topological polar surface area (TPSA) is 237 Å². The second-order valence-corrected chi connectivity index (χ2v) is 23.4. The van der Waals surface area contributed by atoms with Crippen LogP contribution in [0, 0.1) is 5.92 Å². The fourth-order valence-electron chi connectivity index (χ4n) is 7.99. The molecule has 0 heterocycles. The summed E-state index contributed by atoms with van der Waals surface area (Å²) in [6.07, 6.45) is 30.1. The van der Waals surface area contributed by atoms with Gasteiger partial charge in [-0.2, -0.15) is 0 Å². The van der Waals surface area contributed by atoms with Gasteiger partial charge in [0.2, 0.25) is 0 Å². The first-order valence-electron chi connectivity index (χ1n) is 29.1. The molecule has 74 heavy (non-hydrogen) atoms. The lowest BCUT2D eigenvalue weighted by Crippen LogP contribution is -2.30. The van der Waals surface area contributed by atoms with E-state index in [9.17, 15) is 43.2 Å². The highest BCUT2D eigenvalue weighted by molar-refractivity contribution is 7.47. The van der Waals surface area contributed by atoms with Gasteiger partial charge in [-0.1, -0.05) is 214 Å². The molecule has 5 atom stereocenters. The van der Waals surface area contributed by atoms with Crippen LogP contribution in [-0.2, 0) is 65.4 Å². The Morgan fingerprint density at radius 1 is 0.365 bits per heavy atom. The zero-order valence-corrected chi connectivity index (χ0v) is 48.7. The predicted octanol–water partition coefficient (Wildman–Crippen LogP) is 14.3. The molecule has 0 saturated carbocycles. The number of hydrogen-bond acceptors (Lipinski definition) is 15. The van der Waals surface area contributed by atoms with Crippen molar-refractivity contribution in [1.82, 2.24) is 0 Å². The van der Waals surface area contributed by atoms with E-state index in [1.54, 1.807) is 0 Å². The van der Waals surface area contributed by atoms with Crippen molar-refractivity contribution >= 4 is 39.5 Å². The van der Waals surface area contributed by atoms with Crippen LogP contribution in [-0.4, -0.2) is 96.7 Å². The molecule has 19 heteroatoms. The van der Waals surface area contributed by atoms with E-state index in [2.05, 4.69) is 34.6 Å². The number of esters is 4. The quantitative estimate of drug-likeness (QED) is 0.0222. The number of carbonyl (C=O) groups excluding carboxylic acids is 4. The third-order valence-electron chi connectivity index (χ3n) is 12.5. The second-order valence-electron chi connectivity index (χ2n) is 20.4. The fourth-order valence-corrected chi connectivity index (χ4v) is 9.57. The van der Waals surface area contributed by atoms with Crippen LogP contribution < -0.4 is 0 Å². The van der Waals surface area contributed by atoms with Gasteiger partial charge in [-0.05, 0) is 31.6 Å². The Balaban J connectivity index is 5.11. The molecule has 0 aliphatic heterocycles. The van der Waals surface area contributed by atoms with Crippen molar-refractivity contribution in [3.63, 3.8) is 0 Å². The Bertz CT molecular complexity index is 1470. The third kappa shape index (κ3) is 49.6. The highest BCUT2D eigenvalue weighted by Gasteiger charge is 2.30. The molecule has 0 aliphatic carbocycles. The molecule has 0 saturated heterocycles. The Kier molecular flexibility index (Phi) is 48.1. The monoisotopic (exact) mass is 1100 g/mol. The standard InChI is InChI=1S/C55H106O17P2/c1-6-9-12-15-16-21-25-30-34-39-53(58)66-45-51(72-55(60)41-36-31-26-23-20-18-17-19-22-24-29-32-37-48(4)5)47-70-74(63,64)68-43-49(56)42-67-73(61,62)69-46-50(71-54(59)40-35-28-14-11-8-3)44-65-52(57)38-33-27-13-10-7-2/h48-51,56H,6-47H2,1-5H3,(H,61,62)(H,63,64)/t49-,50+,51+/m0/s1. The van der Waals surface area contributed by atoms with Gasteiger partial charge < -0.3 is 33.8 Å². The normalized spacial score (nSPS) is 14.5. The zero-order chi connectivity index (χ0) is 55.0. The van der Waals surface area contributed by atoms with Gasteiger partial charge in [0.25, 0.3) is 0 Å². The van der Waals surface area contributed by atoms with E-state index in [4.69, 9.17) is 37.0 Å². The molecule has 0 aromatic carbocycles. The predicted molar refractivity (Wildman–Crippen MR) is 289 cm³/mol. The molecule has 0 bridgehead atoms. The van der Waals surface area contributed by atoms with Crippen LogP contribution >= 0.6 is 15.6 Å². The smallest absolute Gasteiger partial charge is 0.462 e. The van der Waals surface area contributed by atoms with Crippen LogP contribution in [0.3, 0.4) is 0 Å². The van der Waals surface area contributed by atoms with Gasteiger partial charge >= 0.3 is 39.5 Å². The van der Waals surface area contributed by atoms with E-state index in [1.165, 1.54) is 83.5 Å². The Hall–Kier alpha value is -1.94. The average molecular weight is 1100 g/mol. The van der Waals surface area contributed by atoms with E-state index in [0.717, 1.165) is 102 Å². The molecule has 0 fully saturated rings. The van der Waals surface area contributed by atoms with E-state index < -0.39 is 97.5 Å². The first-order chi connectivity index (χ1) is 35.5. The lowest BCUT2D eigenvalue weighted by atomic mass is 10.0. The van der Waals surface area contributed by atoms with Gasteiger partial charge in [0, 0.05) is 25.7 Å². The van der Waals surface area contributed by atoms with E-state index in [-0.39, 0.29) is 25.7 Å². The molecular weight excluding hydrogens is 995 g/mol. The number of rotatable bonds is 55. The number of aliphatic hydroxyl groups is 1. The Labute approximate surface area is 447 Å². The highest BCUT2D eigenvalue weighted by atomic mass is 31.2. The average Bonchev–Trinajstić information content (AvgIpc) is 3.36. The van der Waals surface area contributed by atoms with Crippen molar-refractivity contribution in [2.75, 3.05) is 39.6 Å². The molecule has 0 aromatic rings. The third-order valence-corrected chi connectivity index (χ3v) is 14.4. The number of phosphoric ester groups is 2. The maximum atomic E-state index is 12.9. The summed E-state index contributed by atoms with van der Waals surface area (Å²) in [7, 11) is -9.85. The molecule has 0 amide bonds. The Morgan fingerprint density at radius 2 is 0.622 bits per heavy atom. The van der Waals surface area contributed by atoms with Crippen molar-refractivity contribution in [2.45, 2.75) is 284 Å². The van der Waals surface area contributed by atoms with Gasteiger partial charge in [-0.3, -0.25) is 37.3 Å². The minimum atomic E-state index is -4.93. The minimum absolute atomic E-state index is 0.0987. The molecule has 0 rings (SSSR count). The SMILES string of the molecule is CCCCCCCCCCCC(=O)OC[C@H](COP(=O)(O)OC[C@@H](O)COP(=O)(O)OC[C@@H](COC(=O)CCCCCCC)OC(=O)CCCCCCC)OC(=O)CCCCCCCCCCCCCCC(C)C. The molecule has 17 nitrogen and oxygen atoms in total. The first kappa shape index (κ1) is 72.1. The second kappa shape index (κ2) is 49.4. The lowest BCUT2D eigenvalue weighted by Gasteiger charge is -2.21. The van der Waals surface area contributed by atoms with Crippen molar-refractivity contribution in [1.29, 1.82) is 0 Å². The molecular formula is C55H106O17P2. The van der Waals surface area contributed by atoms with Crippen molar-refractivity contribution in [3.05, 3.63) is 0 Å². The maximum absolute atomic E-state index is 12.9. The van der Waals surface area contributed by atoms with Crippen LogP contribution in [0.4, 0.5) is 0 Å². The van der Waals surface area contributed by atoms with E-state index in [0.29, 0.717) is 25.7 Å². The van der Waals surface area contributed by atoms with Crippen LogP contribution in [0.5, 0.6) is 0 Å². The molecule has 0 aromatic heterocycles. The fraction of sp³-hybridized carbons (Fsp3) is 0.927. The number of phosphoric acid groups is 2. The highest BCUT2D eigenvalue weighted by Crippen LogP contribution is 2.45. The molecule has 0 aliphatic rings. The summed E-state index contributed by atoms with van der Waals surface area (Å²) in [5.74, 6) is -1.39. The van der Waals surface area contributed by atoms with Crippen molar-refractivity contribution in [3.8, 4) is 0 Å². The summed E-state index contributed by atoms with van der Waals surface area (Å²) in [5, 5.41) is 10.4. The van der Waals surface area contributed by atoms with Gasteiger partial charge in [0.05, 0.1) is 26.4 Å². The number of unbranched alkanes of at least 4 members (excludes halogenated alkanes) is 27. The van der Waals surface area contributed by atoms with Crippen molar-refractivity contribution in [2.24, 2.45) is 5.92 Å². The lowest BCUT2D eigenvalue weighted by molar-refractivity contribution is -0.161. The Morgan fingerprint density at radius 3 is 0.919 bits per heavy atom. The maximum Gasteiger partial charge on any atom is 0.472 e. The summed E-state index contributed by atoms with van der Waals surface area (Å²) in [5.41, 5.74) is 0. The molecule has 2 unspecified atom stereocenters. The van der Waals surface area contributed by atoms with Crippen LogP contribution in [0.1, 0.15) is 266 Å². The molecule has 3 N–H and O–H groups in total. The van der Waals surface area contributed by atoms with Gasteiger partial charge in [-0.15, -0.1) is 0 Å². The number of ether oxygens (including phenoxy) is 4. The summed E-state index contributed by atoms with van der Waals surface area (Å²) >= 11 is 0. The van der Waals surface area contributed by atoms with Gasteiger partial charge in [0.1, 0.15) is 19.3 Å². The number of hydrogen-bond donors (Lipinski definition) is 3. The largest absolute Gasteiger partial charge is 0.472 e. The van der Waals surface area contributed by atoms with Crippen molar-refractivity contribution < 1.29 is 80.2 Å². The number of aliphatic hydroxyl groups excluding tert-OH is 1.